The number of ether oxygens (including phenoxy) is 2. The maximum Gasteiger partial charge on any atom is 0.231 e. The van der Waals surface area contributed by atoms with Crippen LogP contribution in [0.3, 0.4) is 0 Å². The van der Waals surface area contributed by atoms with Crippen molar-refractivity contribution >= 4 is 33.5 Å². The molecule has 0 aliphatic carbocycles. The van der Waals surface area contributed by atoms with Crippen molar-refractivity contribution in [2.24, 2.45) is 10.2 Å². The summed E-state index contributed by atoms with van der Waals surface area (Å²) in [4.78, 5) is 0.788. The molecule has 1 aromatic heterocycles. The molecule has 5 rings (SSSR count). The summed E-state index contributed by atoms with van der Waals surface area (Å²) < 4.78 is 13.9. The van der Waals surface area contributed by atoms with Gasteiger partial charge in [0.2, 0.25) is 11.6 Å². The number of thiazole rings is 1. The van der Waals surface area contributed by atoms with Crippen molar-refractivity contribution in [2.45, 2.75) is 0 Å². The highest BCUT2D eigenvalue weighted by molar-refractivity contribution is 9.10. The Morgan fingerprint density at radius 3 is 2.52 bits per heavy atom. The molecule has 0 N–H and O–H groups in total. The Balaban J connectivity index is 0.00000231. The highest BCUT2D eigenvalue weighted by Gasteiger charge is 2.12. The molecule has 156 valence electrons. The fourth-order valence-corrected chi connectivity index (χ4v) is 4.29. The molecule has 1 aliphatic heterocycles. The highest BCUT2D eigenvalue weighted by atomic mass is 79.9. The van der Waals surface area contributed by atoms with Gasteiger partial charge in [0.1, 0.15) is 0 Å². The number of hydrogen-bond acceptors (Lipinski definition) is 5. The second kappa shape index (κ2) is 9.64. The van der Waals surface area contributed by atoms with Gasteiger partial charge in [-0.1, -0.05) is 46.3 Å². The first-order chi connectivity index (χ1) is 14.8. The normalized spacial score (nSPS) is 12.9. The van der Waals surface area contributed by atoms with Crippen LogP contribution in [0.2, 0.25) is 0 Å². The third kappa shape index (κ3) is 4.66. The van der Waals surface area contributed by atoms with E-state index in [2.05, 4.69) is 60.3 Å². The molecule has 2 heterocycles. The van der Waals surface area contributed by atoms with Crippen LogP contribution in [-0.2, 0) is 0 Å². The van der Waals surface area contributed by atoms with E-state index in [4.69, 9.17) is 9.47 Å². The van der Waals surface area contributed by atoms with Crippen molar-refractivity contribution in [2.75, 3.05) is 6.79 Å². The summed E-state index contributed by atoms with van der Waals surface area (Å²) in [6.07, 6.45) is 1.72. The van der Waals surface area contributed by atoms with Crippen LogP contribution >= 0.6 is 27.3 Å². The molecule has 0 saturated carbocycles. The van der Waals surface area contributed by atoms with Crippen molar-refractivity contribution in [3.63, 3.8) is 0 Å². The van der Waals surface area contributed by atoms with Crippen LogP contribution in [0.4, 0.5) is 0 Å². The summed E-state index contributed by atoms with van der Waals surface area (Å²) in [6, 6.07) is 24.1. The van der Waals surface area contributed by atoms with E-state index >= 15 is 0 Å². The van der Waals surface area contributed by atoms with Gasteiger partial charge in [-0.05, 0) is 53.6 Å². The van der Waals surface area contributed by atoms with Gasteiger partial charge in [0.25, 0.3) is 0 Å². The van der Waals surface area contributed by atoms with Crippen LogP contribution in [0.1, 0.15) is 5.56 Å². The highest BCUT2D eigenvalue weighted by Crippen LogP contribution is 2.32. The number of fused-ring (bicyclic) bond motifs is 1. The zero-order chi connectivity index (χ0) is 20.3. The third-order valence-electron chi connectivity index (χ3n) is 4.61. The van der Waals surface area contributed by atoms with Crippen molar-refractivity contribution in [3.8, 4) is 28.4 Å². The number of hydrogen-bond donors (Lipinski definition) is 0. The van der Waals surface area contributed by atoms with E-state index in [1.807, 2.05) is 48.5 Å². The van der Waals surface area contributed by atoms with Crippen LogP contribution in [0.25, 0.3) is 16.9 Å². The maximum atomic E-state index is 5.42. The van der Waals surface area contributed by atoms with Gasteiger partial charge in [-0.2, -0.15) is 5.10 Å². The fourth-order valence-electron chi connectivity index (χ4n) is 3.17. The summed E-state index contributed by atoms with van der Waals surface area (Å²) in [5.74, 6) is 1.48. The molecular formula is C23H16Br2N3O2S-. The second-order valence-corrected chi connectivity index (χ2v) is 8.29. The summed E-state index contributed by atoms with van der Waals surface area (Å²) in [5.41, 5.74) is 4.11. The molecule has 0 atom stereocenters. The minimum Gasteiger partial charge on any atom is -1.00 e. The zero-order valence-electron chi connectivity index (χ0n) is 16.1. The Bertz CT molecular complexity index is 1280. The van der Waals surface area contributed by atoms with Crippen LogP contribution in [0, 0.1) is 0 Å². The summed E-state index contributed by atoms with van der Waals surface area (Å²) in [5, 5.41) is 10.9. The van der Waals surface area contributed by atoms with Gasteiger partial charge in [-0.3, -0.25) is 4.57 Å². The van der Waals surface area contributed by atoms with Crippen LogP contribution in [-0.4, -0.2) is 17.6 Å². The predicted octanol–water partition coefficient (Wildman–Crippen LogP) is 2.64. The topological polar surface area (TPSA) is 48.1 Å². The minimum absolute atomic E-state index is 0. The van der Waals surface area contributed by atoms with E-state index in [1.54, 1.807) is 17.6 Å². The third-order valence-corrected chi connectivity index (χ3v) is 5.95. The van der Waals surface area contributed by atoms with E-state index in [0.29, 0.717) is 0 Å². The molecule has 0 amide bonds. The van der Waals surface area contributed by atoms with Gasteiger partial charge in [0.15, 0.2) is 11.5 Å². The summed E-state index contributed by atoms with van der Waals surface area (Å²) >= 11 is 5.05. The molecule has 0 radical (unpaired) electrons. The lowest BCUT2D eigenvalue weighted by molar-refractivity contribution is -0.00000724. The van der Waals surface area contributed by atoms with Gasteiger partial charge >= 0.3 is 0 Å². The SMILES string of the molecule is Brc1ccc(-c2cs/c(=N/N=C/c3ccc4c(c3)OCO4)n2-c2ccccc2)cc1.[Br-]. The monoisotopic (exact) mass is 556 g/mol. The summed E-state index contributed by atoms with van der Waals surface area (Å²) in [6.45, 7) is 0.255. The molecule has 8 heteroatoms. The molecule has 3 aromatic carbocycles. The van der Waals surface area contributed by atoms with Gasteiger partial charge in [0.05, 0.1) is 11.9 Å². The van der Waals surface area contributed by atoms with Gasteiger partial charge in [-0.25, -0.2) is 0 Å². The Labute approximate surface area is 202 Å². The molecule has 0 saturated heterocycles. The van der Waals surface area contributed by atoms with Crippen LogP contribution in [0.15, 0.2) is 92.9 Å². The average Bonchev–Trinajstić information content (AvgIpc) is 3.42. The molecule has 0 spiro atoms. The number of para-hydroxylation sites is 1. The first kappa shape index (κ1) is 21.5. The number of aromatic nitrogens is 1. The van der Waals surface area contributed by atoms with Crippen molar-refractivity contribution in [1.29, 1.82) is 0 Å². The van der Waals surface area contributed by atoms with E-state index in [1.165, 1.54) is 0 Å². The largest absolute Gasteiger partial charge is 1.00 e. The molecule has 4 aromatic rings. The van der Waals surface area contributed by atoms with Crippen molar-refractivity contribution in [3.05, 3.63) is 93.0 Å². The number of benzene rings is 3. The number of rotatable bonds is 4. The Morgan fingerprint density at radius 2 is 1.71 bits per heavy atom. The maximum absolute atomic E-state index is 5.42. The van der Waals surface area contributed by atoms with Crippen LogP contribution in [0.5, 0.6) is 11.5 Å². The lowest BCUT2D eigenvalue weighted by atomic mass is 10.1. The van der Waals surface area contributed by atoms with Crippen molar-refractivity contribution in [1.82, 2.24) is 4.57 Å². The van der Waals surface area contributed by atoms with E-state index in [0.717, 1.165) is 43.3 Å². The predicted molar refractivity (Wildman–Crippen MR) is 123 cm³/mol. The fraction of sp³-hybridized carbons (Fsp3) is 0.0435. The molecule has 31 heavy (non-hydrogen) atoms. The molecule has 1 aliphatic rings. The summed E-state index contributed by atoms with van der Waals surface area (Å²) in [7, 11) is 0. The standard InChI is InChI=1S/C23H16BrN3O2S.BrH/c24-18-9-7-17(8-10-18)20-14-30-23(27(20)19-4-2-1-3-5-19)26-25-13-16-6-11-21-22(12-16)29-15-28-21;/h1-14H,15H2;1H/p-1/b25-13+,26-23+;. The smallest absolute Gasteiger partial charge is 0.231 e. The first-order valence-electron chi connectivity index (χ1n) is 9.26. The number of halogens is 2. The molecule has 5 nitrogen and oxygen atoms in total. The zero-order valence-corrected chi connectivity index (χ0v) is 20.1. The number of nitrogens with zero attached hydrogens (tertiary/aromatic N) is 3. The Kier molecular flexibility index (Phi) is 6.70. The van der Waals surface area contributed by atoms with Gasteiger partial charge < -0.3 is 26.5 Å². The molecule has 0 bridgehead atoms. The minimum atomic E-state index is 0. The molecular weight excluding hydrogens is 542 g/mol. The van der Waals surface area contributed by atoms with Gasteiger partial charge in [0, 0.05) is 15.5 Å². The molecule has 0 fully saturated rings. The lowest BCUT2D eigenvalue weighted by Gasteiger charge is -2.09. The van der Waals surface area contributed by atoms with Crippen LogP contribution < -0.4 is 31.3 Å². The first-order valence-corrected chi connectivity index (χ1v) is 10.9. The van der Waals surface area contributed by atoms with E-state index < -0.39 is 0 Å². The average molecular weight is 558 g/mol. The van der Waals surface area contributed by atoms with Gasteiger partial charge in [-0.15, -0.1) is 16.4 Å². The Morgan fingerprint density at radius 1 is 0.935 bits per heavy atom. The van der Waals surface area contributed by atoms with E-state index in [-0.39, 0.29) is 23.8 Å². The lowest BCUT2D eigenvalue weighted by Crippen LogP contribution is -3.00. The van der Waals surface area contributed by atoms with Crippen molar-refractivity contribution < 1.29 is 26.5 Å². The molecule has 0 unspecified atom stereocenters. The van der Waals surface area contributed by atoms with E-state index in [9.17, 15) is 0 Å². The quantitative estimate of drug-likeness (QED) is 0.286. The second-order valence-electron chi connectivity index (χ2n) is 6.54. The Hall–Kier alpha value is -2.68.